The van der Waals surface area contributed by atoms with Crippen molar-refractivity contribution in [3.05, 3.63) is 81.5 Å². The van der Waals surface area contributed by atoms with Crippen LogP contribution >= 0.6 is 0 Å². The van der Waals surface area contributed by atoms with Gasteiger partial charge in [-0.05, 0) is 19.4 Å². The maximum Gasteiger partial charge on any atom is 0.446 e. The second-order valence-corrected chi connectivity index (χ2v) is 9.54. The van der Waals surface area contributed by atoms with Crippen LogP contribution in [-0.4, -0.2) is 52.8 Å². The molecule has 4 rings (SSSR count). The van der Waals surface area contributed by atoms with Crippen LogP contribution in [0.5, 0.6) is 0 Å². The van der Waals surface area contributed by atoms with Gasteiger partial charge in [0.15, 0.2) is 12.0 Å². The van der Waals surface area contributed by atoms with Crippen LogP contribution < -0.4 is 11.2 Å². The van der Waals surface area contributed by atoms with Crippen molar-refractivity contribution in [2.24, 2.45) is 0 Å². The molecule has 1 N–H and O–H groups in total. The Labute approximate surface area is 206 Å². The molecule has 2 aliphatic heterocycles. The Morgan fingerprint density at radius 2 is 1.81 bits per heavy atom. The fourth-order valence-electron chi connectivity index (χ4n) is 3.97. The van der Waals surface area contributed by atoms with Gasteiger partial charge >= 0.3 is 16.1 Å². The molecule has 0 aliphatic carbocycles. The third kappa shape index (κ3) is 6.21. The van der Waals surface area contributed by atoms with Gasteiger partial charge in [0, 0.05) is 12.3 Å². The molecule has 4 atom stereocenters. The number of nitrogens with zero attached hydrogens (tertiary/aromatic N) is 2. The molecular weight excluding hydrogens is 500 g/mol. The van der Waals surface area contributed by atoms with Crippen molar-refractivity contribution in [3.63, 3.8) is 0 Å². The Hall–Kier alpha value is -3.01. The average Bonchev–Trinajstić information content (AvgIpc) is 3.29. The molecule has 0 amide bonds. The van der Waals surface area contributed by atoms with Gasteiger partial charge in [0.05, 0.1) is 6.61 Å². The number of benzene rings is 1. The van der Waals surface area contributed by atoms with Crippen molar-refractivity contribution in [2.45, 2.75) is 57.5 Å². The van der Waals surface area contributed by atoms with Gasteiger partial charge in [-0.2, -0.15) is 8.42 Å². The maximum atomic E-state index is 13.2. The highest BCUT2D eigenvalue weighted by Crippen LogP contribution is 2.42. The van der Waals surface area contributed by atoms with Crippen LogP contribution in [0.2, 0.25) is 0 Å². The monoisotopic (exact) mass is 526 g/mol. The number of rotatable bonds is 10. The van der Waals surface area contributed by atoms with E-state index in [9.17, 15) is 18.0 Å². The van der Waals surface area contributed by atoms with Gasteiger partial charge in [-0.25, -0.2) is 9.36 Å². The molecule has 2 saturated heterocycles. The van der Waals surface area contributed by atoms with Crippen LogP contribution in [0.3, 0.4) is 0 Å². The molecule has 1 aromatic heterocycles. The molecule has 0 spiro atoms. The van der Waals surface area contributed by atoms with E-state index in [1.165, 1.54) is 16.8 Å². The first-order valence-corrected chi connectivity index (χ1v) is 12.3. The molecule has 0 bridgehead atoms. The van der Waals surface area contributed by atoms with Crippen molar-refractivity contribution in [3.8, 4) is 0 Å². The Balaban J connectivity index is 1.49. The predicted octanol–water partition coefficient (Wildman–Crippen LogP) is 0.909. The minimum absolute atomic E-state index is 0.114. The van der Waals surface area contributed by atoms with E-state index in [1.807, 2.05) is 30.3 Å². The third-order valence-electron chi connectivity index (χ3n) is 5.42. The van der Waals surface area contributed by atoms with Crippen molar-refractivity contribution in [2.75, 3.05) is 6.61 Å². The van der Waals surface area contributed by atoms with Crippen LogP contribution in [0.4, 0.5) is 0 Å². The largest absolute Gasteiger partial charge is 0.495 e. The van der Waals surface area contributed by atoms with Crippen molar-refractivity contribution < 1.29 is 40.8 Å². The van der Waals surface area contributed by atoms with E-state index in [0.717, 1.165) is 16.4 Å². The Morgan fingerprint density at radius 1 is 1.08 bits per heavy atom. The molecule has 36 heavy (non-hydrogen) atoms. The summed E-state index contributed by atoms with van der Waals surface area (Å²) in [5.41, 5.74) is -0.302. The Kier molecular flexibility index (Phi) is 7.63. The second kappa shape index (κ2) is 10.5. The summed E-state index contributed by atoms with van der Waals surface area (Å²) < 4.78 is 64.7. The molecule has 13 nitrogen and oxygen atoms in total. The summed E-state index contributed by atoms with van der Waals surface area (Å²) in [5.74, 6) is -0.976. The number of aromatic nitrogens is 2. The lowest BCUT2D eigenvalue weighted by molar-refractivity contribution is -0.201. The van der Waals surface area contributed by atoms with Crippen molar-refractivity contribution in [1.29, 1.82) is 0 Å². The fourth-order valence-corrected chi connectivity index (χ4v) is 4.16. The van der Waals surface area contributed by atoms with Crippen molar-refractivity contribution in [1.82, 2.24) is 9.13 Å². The van der Waals surface area contributed by atoms with Gasteiger partial charge in [-0.15, -0.1) is 0 Å². The average molecular weight is 527 g/mol. The summed E-state index contributed by atoms with van der Waals surface area (Å²) in [5, 5.41) is 0. The molecule has 0 radical (unpaired) electrons. The summed E-state index contributed by atoms with van der Waals surface area (Å²) in [6.07, 6.45) is -0.140. The zero-order valence-electron chi connectivity index (χ0n) is 19.5. The molecule has 14 heteroatoms. The van der Waals surface area contributed by atoms with Gasteiger partial charge in [0.1, 0.15) is 44.2 Å². The molecule has 1 unspecified atom stereocenters. The maximum absolute atomic E-state index is 13.2. The highest BCUT2D eigenvalue weighted by atomic mass is 32.3. The zero-order chi connectivity index (χ0) is 25.9. The molecule has 2 aromatic rings. The van der Waals surface area contributed by atoms with Gasteiger partial charge in [-0.3, -0.25) is 13.9 Å². The quantitative estimate of drug-likeness (QED) is 0.347. The smallest absolute Gasteiger partial charge is 0.446 e. The summed E-state index contributed by atoms with van der Waals surface area (Å²) in [6.45, 7) is 3.26. The van der Waals surface area contributed by atoms with E-state index in [0.29, 0.717) is 6.26 Å². The van der Waals surface area contributed by atoms with Gasteiger partial charge in [-0.1, -0.05) is 30.3 Å². The van der Waals surface area contributed by atoms with E-state index in [1.54, 1.807) is 13.8 Å². The van der Waals surface area contributed by atoms with E-state index in [2.05, 4.69) is 4.18 Å². The van der Waals surface area contributed by atoms with E-state index in [4.69, 9.17) is 28.2 Å². The van der Waals surface area contributed by atoms with Crippen LogP contribution in [-0.2, 0) is 51.6 Å². The molecule has 196 valence electrons. The fraction of sp³-hybridized carbons (Fsp3) is 0.455. The minimum Gasteiger partial charge on any atom is -0.495 e. The first-order chi connectivity index (χ1) is 17.0. The summed E-state index contributed by atoms with van der Waals surface area (Å²) in [6, 6.07) is 10.5. The molecule has 3 heterocycles. The first kappa shape index (κ1) is 26.1. The number of ether oxygens (including phenoxy) is 5. The number of fused-ring (bicyclic) bond motifs is 1. The van der Waals surface area contributed by atoms with Crippen LogP contribution in [0.25, 0.3) is 0 Å². The lowest BCUT2D eigenvalue weighted by atomic mass is 10.1. The zero-order valence-corrected chi connectivity index (χ0v) is 20.3. The van der Waals surface area contributed by atoms with Gasteiger partial charge in [0.2, 0.25) is 0 Å². The predicted molar refractivity (Wildman–Crippen MR) is 122 cm³/mol. The Bertz CT molecular complexity index is 1300. The highest BCUT2D eigenvalue weighted by Gasteiger charge is 2.56. The van der Waals surface area contributed by atoms with Crippen LogP contribution in [0.15, 0.2) is 64.7 Å². The minimum atomic E-state index is -4.65. The molecule has 1 aromatic carbocycles. The first-order valence-electron chi connectivity index (χ1n) is 10.9. The second-order valence-electron chi connectivity index (χ2n) is 8.49. The normalized spacial score (nSPS) is 25.2. The molecule has 2 fully saturated rings. The van der Waals surface area contributed by atoms with Gasteiger partial charge in [0.25, 0.3) is 5.56 Å². The molecule has 2 aliphatic rings. The van der Waals surface area contributed by atoms with Crippen LogP contribution in [0.1, 0.15) is 25.6 Å². The third-order valence-corrected chi connectivity index (χ3v) is 5.77. The molecule has 0 saturated carbocycles. The SMILES string of the molecule is CC1(C)OC2[C@@H](CO/C=C/OS(=O)(=O)O)O[C@@H](n3ccc(=O)n(COCc4ccccc4)c3=O)[C@H]2O1. The summed E-state index contributed by atoms with van der Waals surface area (Å²) in [7, 11) is -4.65. The molecular formula is C22H26N2O11S. The number of hydrogen-bond acceptors (Lipinski definition) is 10. The van der Waals surface area contributed by atoms with E-state index >= 15 is 0 Å². The standard InChI is InChI=1S/C22H26N2O11S/c1-22(2)34-18-16(13-30-10-11-32-36(27,28)29)33-20(19(18)35-22)23-9-8-17(25)24(21(23)26)14-31-12-15-6-4-3-5-7-15/h3-11,16,18-20H,12-14H2,1-2H3,(H,27,28,29)/b11-10+/t16-,18?,19+,20-/m1/s1. The summed E-state index contributed by atoms with van der Waals surface area (Å²) in [4.78, 5) is 25.6. The summed E-state index contributed by atoms with van der Waals surface area (Å²) >= 11 is 0. The number of hydrogen-bond donors (Lipinski definition) is 1. The topological polar surface area (TPSA) is 154 Å². The van der Waals surface area contributed by atoms with Crippen molar-refractivity contribution >= 4 is 10.4 Å². The lowest BCUT2D eigenvalue weighted by Gasteiger charge is -2.25. The van der Waals surface area contributed by atoms with E-state index in [-0.39, 0.29) is 19.9 Å². The Morgan fingerprint density at radius 3 is 2.53 bits per heavy atom. The van der Waals surface area contributed by atoms with Gasteiger partial charge < -0.3 is 27.9 Å². The lowest BCUT2D eigenvalue weighted by Crippen LogP contribution is -2.43. The highest BCUT2D eigenvalue weighted by molar-refractivity contribution is 7.81. The van der Waals surface area contributed by atoms with E-state index < -0.39 is 52.0 Å². The van der Waals surface area contributed by atoms with Crippen LogP contribution in [0, 0.1) is 0 Å².